The molecule has 5 nitrogen and oxygen atoms in total. The quantitative estimate of drug-likeness (QED) is 0.481. The normalized spacial score (nSPS) is 18.1. The van der Waals surface area contributed by atoms with Gasteiger partial charge >= 0.3 is 13.1 Å². The van der Waals surface area contributed by atoms with Crippen LogP contribution in [-0.2, 0) is 30.7 Å². The van der Waals surface area contributed by atoms with Gasteiger partial charge in [0.15, 0.2) is 0 Å². The van der Waals surface area contributed by atoms with E-state index >= 15 is 0 Å². The van der Waals surface area contributed by atoms with Gasteiger partial charge in [-0.1, -0.05) is 57.2 Å². The van der Waals surface area contributed by atoms with Crippen LogP contribution in [0.4, 0.5) is 5.69 Å². The van der Waals surface area contributed by atoms with E-state index in [4.69, 9.17) is 14.0 Å². The molecule has 1 heterocycles. The van der Waals surface area contributed by atoms with E-state index in [1.54, 1.807) is 0 Å². The van der Waals surface area contributed by atoms with Crippen molar-refractivity contribution in [1.82, 2.24) is 0 Å². The number of hydrogen-bond acceptors (Lipinski definition) is 5. The fraction of sp³-hybridized carbons (Fsp3) is 0.519. The molecule has 0 aliphatic carbocycles. The van der Waals surface area contributed by atoms with Gasteiger partial charge < -0.3 is 19.4 Å². The molecule has 0 spiro atoms. The van der Waals surface area contributed by atoms with Gasteiger partial charge in [0, 0.05) is 11.7 Å². The van der Waals surface area contributed by atoms with Crippen molar-refractivity contribution in [2.24, 2.45) is 0 Å². The monoisotopic (exact) mass is 451 g/mol. The maximum absolute atomic E-state index is 12.0. The second-order valence-corrected chi connectivity index (χ2v) is 11.0. The van der Waals surface area contributed by atoms with E-state index in [0.717, 1.165) is 16.7 Å². The van der Waals surface area contributed by atoms with Crippen molar-refractivity contribution in [1.29, 1.82) is 0 Å². The molecule has 1 aliphatic rings. The van der Waals surface area contributed by atoms with E-state index in [9.17, 15) is 4.79 Å². The first kappa shape index (κ1) is 25.3. The molecule has 2 aromatic carbocycles. The number of esters is 1. The Kier molecular flexibility index (Phi) is 7.30. The molecule has 1 atom stereocenters. The Bertz CT molecular complexity index is 930. The molecule has 3 rings (SSSR count). The van der Waals surface area contributed by atoms with E-state index < -0.39 is 0 Å². The lowest BCUT2D eigenvalue weighted by atomic mass is 9.78. The van der Waals surface area contributed by atoms with Gasteiger partial charge in [-0.2, -0.15) is 0 Å². The first-order chi connectivity index (χ1) is 15.3. The Hall–Kier alpha value is -2.31. The molecule has 6 heteroatoms. The van der Waals surface area contributed by atoms with Gasteiger partial charge in [-0.3, -0.25) is 4.79 Å². The van der Waals surface area contributed by atoms with Crippen molar-refractivity contribution in [3.05, 3.63) is 59.7 Å². The number of methoxy groups -OCH3 is 1. The molecule has 1 aliphatic heterocycles. The summed E-state index contributed by atoms with van der Waals surface area (Å²) >= 11 is 0. The zero-order valence-corrected chi connectivity index (χ0v) is 21.3. The Morgan fingerprint density at radius 1 is 0.970 bits per heavy atom. The molecule has 0 bridgehead atoms. The maximum Gasteiger partial charge on any atom is 0.494 e. The van der Waals surface area contributed by atoms with E-state index in [1.165, 1.54) is 12.7 Å². The predicted molar refractivity (Wildman–Crippen MR) is 135 cm³/mol. The van der Waals surface area contributed by atoms with Crippen molar-refractivity contribution < 1.29 is 18.8 Å². The summed E-state index contributed by atoms with van der Waals surface area (Å²) in [5.41, 5.74) is 3.75. The molecule has 2 aromatic rings. The topological polar surface area (TPSA) is 56.8 Å². The third-order valence-electron chi connectivity index (χ3n) is 6.75. The van der Waals surface area contributed by atoms with E-state index in [2.05, 4.69) is 90.2 Å². The molecule has 0 saturated carbocycles. The van der Waals surface area contributed by atoms with Gasteiger partial charge in [0.25, 0.3) is 0 Å². The summed E-state index contributed by atoms with van der Waals surface area (Å²) in [4.78, 5) is 12.0. The van der Waals surface area contributed by atoms with E-state index in [1.807, 2.05) is 12.1 Å². The number of rotatable bonds is 7. The highest BCUT2D eigenvalue weighted by Crippen LogP contribution is 2.36. The van der Waals surface area contributed by atoms with Crippen LogP contribution in [0.15, 0.2) is 48.5 Å². The van der Waals surface area contributed by atoms with Crippen LogP contribution >= 0.6 is 0 Å². The van der Waals surface area contributed by atoms with Crippen molar-refractivity contribution in [3.63, 3.8) is 0 Å². The van der Waals surface area contributed by atoms with Gasteiger partial charge in [-0.05, 0) is 68.3 Å². The molecule has 0 radical (unpaired) electrons. The van der Waals surface area contributed by atoms with Crippen molar-refractivity contribution in [3.8, 4) is 0 Å². The molecule has 1 saturated heterocycles. The number of carbonyl (C=O) groups is 1. The summed E-state index contributed by atoms with van der Waals surface area (Å²) in [6, 6.07) is 16.6. The summed E-state index contributed by atoms with van der Waals surface area (Å²) in [6.07, 6.45) is 0.982. The van der Waals surface area contributed by atoms with Crippen LogP contribution in [0, 0.1) is 0 Å². The Labute approximate surface area is 199 Å². The second kappa shape index (κ2) is 9.51. The van der Waals surface area contributed by atoms with Crippen molar-refractivity contribution >= 4 is 24.2 Å². The van der Waals surface area contributed by atoms with Crippen LogP contribution < -0.4 is 10.8 Å². The number of carbonyl (C=O) groups excluding carboxylic acids is 1. The summed E-state index contributed by atoms with van der Waals surface area (Å²) in [7, 11) is 1.05. The van der Waals surface area contributed by atoms with E-state index in [0.29, 0.717) is 6.42 Å². The predicted octanol–water partition coefficient (Wildman–Crippen LogP) is 4.87. The van der Waals surface area contributed by atoms with E-state index in [-0.39, 0.29) is 42.2 Å². The molecule has 178 valence electrons. The summed E-state index contributed by atoms with van der Waals surface area (Å²) < 4.78 is 17.2. The zero-order valence-electron chi connectivity index (χ0n) is 21.3. The Balaban J connectivity index is 1.71. The van der Waals surface area contributed by atoms with Crippen molar-refractivity contribution in [2.45, 2.75) is 84.0 Å². The first-order valence-electron chi connectivity index (χ1n) is 11.7. The Morgan fingerprint density at radius 2 is 1.52 bits per heavy atom. The highest BCUT2D eigenvalue weighted by molar-refractivity contribution is 6.62. The highest BCUT2D eigenvalue weighted by Gasteiger charge is 2.51. The van der Waals surface area contributed by atoms with Gasteiger partial charge in [-0.25, -0.2) is 0 Å². The zero-order chi connectivity index (χ0) is 24.4. The molecule has 0 unspecified atom stereocenters. The molecule has 0 aromatic heterocycles. The maximum atomic E-state index is 12.0. The van der Waals surface area contributed by atoms with Gasteiger partial charge in [0.05, 0.1) is 24.7 Å². The number of ether oxygens (including phenoxy) is 1. The fourth-order valence-corrected chi connectivity index (χ4v) is 3.84. The number of benzene rings is 2. The molecular weight excluding hydrogens is 413 g/mol. The number of nitrogens with one attached hydrogen (secondary N) is 1. The molecule has 0 amide bonds. The first-order valence-corrected chi connectivity index (χ1v) is 11.7. The fourth-order valence-electron chi connectivity index (χ4n) is 3.84. The van der Waals surface area contributed by atoms with Crippen LogP contribution in [0.1, 0.15) is 66.0 Å². The molecule has 33 heavy (non-hydrogen) atoms. The van der Waals surface area contributed by atoms with Gasteiger partial charge in [0.2, 0.25) is 0 Å². The average molecular weight is 451 g/mol. The van der Waals surface area contributed by atoms with Gasteiger partial charge in [0.1, 0.15) is 0 Å². The molecule has 1 fully saturated rings. The summed E-state index contributed by atoms with van der Waals surface area (Å²) in [6.45, 7) is 14.8. The van der Waals surface area contributed by atoms with Crippen LogP contribution in [0.25, 0.3) is 0 Å². The number of anilines is 1. The lowest BCUT2D eigenvalue weighted by Gasteiger charge is -2.32. The second-order valence-electron chi connectivity index (χ2n) is 11.0. The summed E-state index contributed by atoms with van der Waals surface area (Å²) in [5.74, 6) is -0.229. The third-order valence-corrected chi connectivity index (χ3v) is 6.75. The van der Waals surface area contributed by atoms with Crippen LogP contribution in [0.3, 0.4) is 0 Å². The minimum absolute atomic E-state index is 0.0827. The average Bonchev–Trinajstić information content (AvgIpc) is 2.95. The lowest BCUT2D eigenvalue weighted by molar-refractivity contribution is -0.140. The minimum Gasteiger partial charge on any atom is -0.469 e. The van der Waals surface area contributed by atoms with Gasteiger partial charge in [-0.15, -0.1) is 0 Å². The SMILES string of the molecule is COC(=O)C[C@H](Cc1ccc(B2OC(C)(C)C(C)(C)O2)cc1)Nc1ccc(C(C)(C)C)cc1. The lowest BCUT2D eigenvalue weighted by Crippen LogP contribution is -2.41. The molecule has 1 N–H and O–H groups in total. The van der Waals surface area contributed by atoms with Crippen molar-refractivity contribution in [2.75, 3.05) is 12.4 Å². The third kappa shape index (κ3) is 6.18. The van der Waals surface area contributed by atoms with Crippen LogP contribution in [-0.4, -0.2) is 37.4 Å². The van der Waals surface area contributed by atoms with Crippen LogP contribution in [0.5, 0.6) is 0 Å². The largest absolute Gasteiger partial charge is 0.494 e. The number of hydrogen-bond donors (Lipinski definition) is 1. The molecular formula is C27H38BNO4. The standard InChI is InChI=1S/C27H38BNO4/c1-25(2,3)20-11-15-22(16-12-20)29-23(18-24(30)31-8)17-19-9-13-21(14-10-19)28-32-26(4,5)27(6,7)33-28/h9-16,23,29H,17-18H2,1-8H3/t23-/m0/s1. The Morgan fingerprint density at radius 3 is 2.00 bits per heavy atom. The smallest absolute Gasteiger partial charge is 0.469 e. The highest BCUT2D eigenvalue weighted by atomic mass is 16.7. The summed E-state index contributed by atoms with van der Waals surface area (Å²) in [5, 5.41) is 3.51. The van der Waals surface area contributed by atoms with Crippen LogP contribution in [0.2, 0.25) is 0 Å². The minimum atomic E-state index is -0.380.